The van der Waals surface area contributed by atoms with E-state index >= 15 is 0 Å². The molecule has 2 unspecified atom stereocenters. The maximum atomic E-state index is 11.7. The average molecular weight is 213 g/mol. The number of carbonyl (C=O) groups excluding carboxylic acids is 1. The fraction of sp³-hybridized carbons (Fsp3) is 0.909. The van der Waals surface area contributed by atoms with Gasteiger partial charge >= 0.3 is 6.03 Å². The Hall–Kier alpha value is -0.770. The zero-order valence-corrected chi connectivity index (χ0v) is 9.83. The molecule has 0 aromatic rings. The van der Waals surface area contributed by atoms with Gasteiger partial charge in [0.2, 0.25) is 0 Å². The van der Waals surface area contributed by atoms with Crippen LogP contribution in [-0.2, 0) is 0 Å². The van der Waals surface area contributed by atoms with E-state index in [4.69, 9.17) is 5.73 Å². The first-order valence-electron chi connectivity index (χ1n) is 5.91. The van der Waals surface area contributed by atoms with E-state index in [1.807, 2.05) is 4.90 Å². The summed E-state index contributed by atoms with van der Waals surface area (Å²) in [6.45, 7) is 7.40. The number of amides is 2. The smallest absolute Gasteiger partial charge is 0.317 e. The van der Waals surface area contributed by atoms with Crippen LogP contribution in [0.2, 0.25) is 0 Å². The second-order valence-corrected chi connectivity index (χ2v) is 4.44. The first kappa shape index (κ1) is 12.3. The van der Waals surface area contributed by atoms with Gasteiger partial charge in [-0.05, 0) is 31.2 Å². The summed E-state index contributed by atoms with van der Waals surface area (Å²) in [6.07, 6.45) is 2.05. The fourth-order valence-electron chi connectivity index (χ4n) is 1.98. The molecule has 1 aliphatic heterocycles. The summed E-state index contributed by atoms with van der Waals surface area (Å²) < 4.78 is 0. The highest BCUT2D eigenvalue weighted by Crippen LogP contribution is 2.21. The minimum absolute atomic E-state index is 0.0715. The lowest BCUT2D eigenvalue weighted by Gasteiger charge is -2.36. The minimum Gasteiger partial charge on any atom is -0.338 e. The predicted octanol–water partition coefficient (Wildman–Crippen LogP) is 1.02. The lowest BCUT2D eigenvalue weighted by molar-refractivity contribution is 0.140. The zero-order chi connectivity index (χ0) is 11.3. The van der Waals surface area contributed by atoms with Crippen LogP contribution in [0.5, 0.6) is 0 Å². The molecule has 4 heteroatoms. The summed E-state index contributed by atoms with van der Waals surface area (Å²) in [7, 11) is 0. The Kier molecular flexibility index (Phi) is 4.88. The molecule has 2 atom stereocenters. The lowest BCUT2D eigenvalue weighted by Crippen LogP contribution is -2.49. The molecule has 88 valence electrons. The van der Waals surface area contributed by atoms with Gasteiger partial charge in [-0.15, -0.1) is 0 Å². The van der Waals surface area contributed by atoms with E-state index in [1.54, 1.807) is 0 Å². The van der Waals surface area contributed by atoms with Crippen molar-refractivity contribution in [3.05, 3.63) is 0 Å². The van der Waals surface area contributed by atoms with Crippen LogP contribution in [0.25, 0.3) is 0 Å². The van der Waals surface area contributed by atoms with Crippen molar-refractivity contribution in [1.82, 2.24) is 10.2 Å². The van der Waals surface area contributed by atoms with Crippen molar-refractivity contribution in [3.63, 3.8) is 0 Å². The maximum absolute atomic E-state index is 11.7. The van der Waals surface area contributed by atoms with Crippen molar-refractivity contribution in [2.24, 2.45) is 17.6 Å². The second kappa shape index (κ2) is 5.95. The largest absolute Gasteiger partial charge is 0.338 e. The number of nitrogens with two attached hydrogens (primary N) is 1. The molecular formula is C11H23N3O. The third kappa shape index (κ3) is 3.38. The number of urea groups is 1. The van der Waals surface area contributed by atoms with Crippen LogP contribution in [0.1, 0.15) is 26.7 Å². The van der Waals surface area contributed by atoms with Crippen LogP contribution in [0, 0.1) is 11.8 Å². The van der Waals surface area contributed by atoms with Gasteiger partial charge in [0, 0.05) is 19.6 Å². The van der Waals surface area contributed by atoms with Gasteiger partial charge in [0.1, 0.15) is 0 Å². The molecule has 4 nitrogen and oxygen atoms in total. The van der Waals surface area contributed by atoms with Crippen molar-refractivity contribution in [2.45, 2.75) is 26.7 Å². The van der Waals surface area contributed by atoms with Crippen LogP contribution >= 0.6 is 0 Å². The molecule has 1 heterocycles. The normalized spacial score (nSPS) is 26.5. The number of hydrogen-bond donors (Lipinski definition) is 2. The molecule has 1 saturated heterocycles. The van der Waals surface area contributed by atoms with E-state index in [0.717, 1.165) is 32.5 Å². The van der Waals surface area contributed by atoms with Gasteiger partial charge in [0.05, 0.1) is 0 Å². The molecule has 0 aliphatic carbocycles. The Morgan fingerprint density at radius 2 is 2.33 bits per heavy atom. The van der Waals surface area contributed by atoms with E-state index in [-0.39, 0.29) is 6.03 Å². The summed E-state index contributed by atoms with van der Waals surface area (Å²) in [5, 5.41) is 2.91. The van der Waals surface area contributed by atoms with Gasteiger partial charge in [-0.25, -0.2) is 4.79 Å². The van der Waals surface area contributed by atoms with Gasteiger partial charge < -0.3 is 16.0 Å². The monoisotopic (exact) mass is 213 g/mol. The Morgan fingerprint density at radius 3 is 2.93 bits per heavy atom. The lowest BCUT2D eigenvalue weighted by atomic mass is 9.87. The summed E-state index contributed by atoms with van der Waals surface area (Å²) in [6, 6.07) is 0.0715. The molecule has 3 N–H and O–H groups in total. The molecule has 0 spiro atoms. The highest BCUT2D eigenvalue weighted by atomic mass is 16.2. The van der Waals surface area contributed by atoms with Crippen molar-refractivity contribution in [2.75, 3.05) is 26.2 Å². The van der Waals surface area contributed by atoms with Crippen LogP contribution in [0.3, 0.4) is 0 Å². The van der Waals surface area contributed by atoms with Crippen molar-refractivity contribution >= 4 is 6.03 Å². The zero-order valence-electron chi connectivity index (χ0n) is 9.83. The molecular weight excluding hydrogens is 190 g/mol. The van der Waals surface area contributed by atoms with Crippen molar-refractivity contribution < 1.29 is 4.79 Å². The van der Waals surface area contributed by atoms with Crippen LogP contribution < -0.4 is 11.1 Å². The first-order valence-corrected chi connectivity index (χ1v) is 5.91. The van der Waals surface area contributed by atoms with E-state index in [0.29, 0.717) is 18.4 Å². The number of carbonyl (C=O) groups is 1. The third-order valence-corrected chi connectivity index (χ3v) is 3.23. The predicted molar refractivity (Wildman–Crippen MR) is 61.6 cm³/mol. The first-order chi connectivity index (χ1) is 7.19. The minimum atomic E-state index is 0.0715. The van der Waals surface area contributed by atoms with E-state index in [1.165, 1.54) is 0 Å². The Bertz CT molecular complexity index is 208. The van der Waals surface area contributed by atoms with Gasteiger partial charge in [0.25, 0.3) is 0 Å². The Morgan fingerprint density at radius 1 is 1.60 bits per heavy atom. The molecule has 0 aromatic carbocycles. The van der Waals surface area contributed by atoms with E-state index < -0.39 is 0 Å². The molecule has 1 aliphatic rings. The van der Waals surface area contributed by atoms with Crippen molar-refractivity contribution in [3.8, 4) is 0 Å². The van der Waals surface area contributed by atoms with Gasteiger partial charge in [-0.1, -0.05) is 13.8 Å². The molecule has 0 radical (unpaired) electrons. The summed E-state index contributed by atoms with van der Waals surface area (Å²) in [4.78, 5) is 13.6. The number of hydrogen-bond acceptors (Lipinski definition) is 2. The average Bonchev–Trinajstić information content (AvgIpc) is 2.26. The standard InChI is InChI=1S/C11H23N3O/c1-3-5-13-11(15)14-6-4-9(2)10(7-12)8-14/h9-10H,3-8,12H2,1-2H3,(H,13,15). The highest BCUT2D eigenvalue weighted by molar-refractivity contribution is 5.74. The van der Waals surface area contributed by atoms with Crippen LogP contribution in [0.4, 0.5) is 4.79 Å². The van der Waals surface area contributed by atoms with Gasteiger partial charge in [-0.3, -0.25) is 0 Å². The molecule has 1 rings (SSSR count). The SMILES string of the molecule is CCCNC(=O)N1CCC(C)C(CN)C1. The summed E-state index contributed by atoms with van der Waals surface area (Å²) in [5.74, 6) is 1.11. The summed E-state index contributed by atoms with van der Waals surface area (Å²) >= 11 is 0. The molecule has 15 heavy (non-hydrogen) atoms. The second-order valence-electron chi connectivity index (χ2n) is 4.44. The van der Waals surface area contributed by atoms with E-state index in [9.17, 15) is 4.79 Å². The van der Waals surface area contributed by atoms with E-state index in [2.05, 4.69) is 19.2 Å². The van der Waals surface area contributed by atoms with Gasteiger partial charge in [-0.2, -0.15) is 0 Å². The molecule has 0 aromatic heterocycles. The summed E-state index contributed by atoms with van der Waals surface area (Å²) in [5.41, 5.74) is 5.70. The number of piperidine rings is 1. The topological polar surface area (TPSA) is 58.4 Å². The fourth-order valence-corrected chi connectivity index (χ4v) is 1.98. The van der Waals surface area contributed by atoms with Crippen LogP contribution in [-0.4, -0.2) is 37.1 Å². The molecule has 0 bridgehead atoms. The van der Waals surface area contributed by atoms with Crippen LogP contribution in [0.15, 0.2) is 0 Å². The quantitative estimate of drug-likeness (QED) is 0.735. The molecule has 2 amide bonds. The Labute approximate surface area is 92.2 Å². The third-order valence-electron chi connectivity index (χ3n) is 3.23. The molecule has 0 saturated carbocycles. The highest BCUT2D eigenvalue weighted by Gasteiger charge is 2.27. The maximum Gasteiger partial charge on any atom is 0.317 e. The van der Waals surface area contributed by atoms with Gasteiger partial charge in [0.15, 0.2) is 0 Å². The number of likely N-dealkylation sites (tertiary alicyclic amines) is 1. The Balaban J connectivity index is 2.40. The number of rotatable bonds is 3. The number of nitrogens with one attached hydrogen (secondary N) is 1. The molecule has 1 fully saturated rings. The van der Waals surface area contributed by atoms with Crippen molar-refractivity contribution in [1.29, 1.82) is 0 Å². The number of nitrogens with zero attached hydrogens (tertiary/aromatic N) is 1.